The van der Waals surface area contributed by atoms with Crippen LogP contribution in [-0.2, 0) is 14.8 Å². The van der Waals surface area contributed by atoms with Gasteiger partial charge in [-0.3, -0.25) is 4.90 Å². The first-order chi connectivity index (χ1) is 20.2. The number of carbonyl (C=O) groups is 1. The maximum absolute atomic E-state index is 14.3. The van der Waals surface area contributed by atoms with Crippen molar-refractivity contribution in [1.29, 1.82) is 0 Å². The van der Waals surface area contributed by atoms with Gasteiger partial charge in [0, 0.05) is 32.2 Å². The van der Waals surface area contributed by atoms with Crippen molar-refractivity contribution in [1.82, 2.24) is 14.1 Å². The van der Waals surface area contributed by atoms with Crippen LogP contribution in [0.1, 0.15) is 62.1 Å². The summed E-state index contributed by atoms with van der Waals surface area (Å²) in [4.78, 5) is 17.2. The lowest BCUT2D eigenvalue weighted by molar-refractivity contribution is -0.0147. The van der Waals surface area contributed by atoms with Gasteiger partial charge < -0.3 is 19.8 Å². The first-order valence-corrected chi connectivity index (χ1v) is 16.4. The minimum Gasteiger partial charge on any atom is -0.441 e. The molecule has 2 atom stereocenters. The number of benzene rings is 2. The van der Waals surface area contributed by atoms with E-state index in [1.54, 1.807) is 9.21 Å². The summed E-state index contributed by atoms with van der Waals surface area (Å²) in [6.45, 7) is 3.91. The molecule has 1 amide bonds. The van der Waals surface area contributed by atoms with E-state index in [-0.39, 0.29) is 24.2 Å². The lowest BCUT2D eigenvalue weighted by Gasteiger charge is -2.45. The quantitative estimate of drug-likeness (QED) is 0.425. The molecule has 0 spiro atoms. The van der Waals surface area contributed by atoms with Gasteiger partial charge in [0.1, 0.15) is 11.4 Å². The van der Waals surface area contributed by atoms with Crippen LogP contribution in [0.5, 0.6) is 0 Å². The third-order valence-electron chi connectivity index (χ3n) is 9.04. The number of carbonyl (C=O) groups excluding carboxylic acids is 1. The number of likely N-dealkylation sites (tertiary alicyclic amines) is 1. The van der Waals surface area contributed by atoms with Crippen LogP contribution in [0, 0.1) is 12.7 Å². The topological polar surface area (TPSA) is 111 Å². The molecule has 5 rings (SSSR count). The number of hydrogen-bond donors (Lipinski definition) is 2. The van der Waals surface area contributed by atoms with E-state index in [1.165, 1.54) is 12.1 Å². The number of halogens is 1. The molecule has 2 aromatic rings. The van der Waals surface area contributed by atoms with Crippen molar-refractivity contribution in [2.45, 2.75) is 80.5 Å². The Morgan fingerprint density at radius 2 is 1.69 bits per heavy atom. The summed E-state index contributed by atoms with van der Waals surface area (Å²) in [6.07, 6.45) is 4.12. The van der Waals surface area contributed by atoms with E-state index in [1.807, 2.05) is 31.2 Å². The number of amides is 1. The minimum absolute atomic E-state index is 0.00698. The summed E-state index contributed by atoms with van der Waals surface area (Å²) < 4.78 is 50.0. The van der Waals surface area contributed by atoms with Gasteiger partial charge in [0.15, 0.2) is 0 Å². The van der Waals surface area contributed by atoms with Crippen molar-refractivity contribution >= 4 is 16.1 Å². The largest absolute Gasteiger partial charge is 0.441 e. The molecule has 0 unspecified atom stereocenters. The van der Waals surface area contributed by atoms with Gasteiger partial charge in [-0.1, -0.05) is 29.8 Å². The average molecular weight is 604 g/mol. The van der Waals surface area contributed by atoms with E-state index >= 15 is 0 Å². The SMILES string of the molecule is Cc1cccc([C@@H]2CCC[C@H](C3(OC(=O)N4CCC(N(CCO)CCO)CC4)CC3)N2S(=O)(=O)c2ccc(F)cc2)c1. The van der Waals surface area contributed by atoms with Gasteiger partial charge >= 0.3 is 6.09 Å². The van der Waals surface area contributed by atoms with Gasteiger partial charge in [-0.2, -0.15) is 4.31 Å². The summed E-state index contributed by atoms with van der Waals surface area (Å²) in [7, 11) is -4.05. The monoisotopic (exact) mass is 603 g/mol. The molecule has 1 aliphatic carbocycles. The first kappa shape index (κ1) is 30.9. The number of nitrogens with zero attached hydrogens (tertiary/aromatic N) is 3. The Hall–Kier alpha value is -2.57. The number of aryl methyl sites for hydroxylation is 1. The maximum Gasteiger partial charge on any atom is 0.410 e. The Kier molecular flexibility index (Phi) is 9.53. The third-order valence-corrected chi connectivity index (χ3v) is 11.0. The van der Waals surface area contributed by atoms with E-state index in [9.17, 15) is 27.8 Å². The van der Waals surface area contributed by atoms with Crippen molar-refractivity contribution in [3.8, 4) is 0 Å². The molecule has 9 nitrogen and oxygen atoms in total. The van der Waals surface area contributed by atoms with Gasteiger partial charge in [-0.15, -0.1) is 0 Å². The summed E-state index contributed by atoms with van der Waals surface area (Å²) in [5.41, 5.74) is 1.01. The highest BCUT2D eigenvalue weighted by atomic mass is 32.2. The minimum atomic E-state index is -4.05. The summed E-state index contributed by atoms with van der Waals surface area (Å²) in [5, 5.41) is 18.8. The van der Waals surface area contributed by atoms with Gasteiger partial charge in [-0.25, -0.2) is 17.6 Å². The first-order valence-electron chi connectivity index (χ1n) is 15.0. The van der Waals surface area contributed by atoms with Crippen molar-refractivity contribution in [3.05, 3.63) is 65.5 Å². The van der Waals surface area contributed by atoms with E-state index < -0.39 is 39.6 Å². The Labute approximate surface area is 247 Å². The van der Waals surface area contributed by atoms with Crippen LogP contribution in [-0.4, -0.2) is 95.9 Å². The molecule has 1 saturated carbocycles. The summed E-state index contributed by atoms with van der Waals surface area (Å²) in [6, 6.07) is 12.0. The fraction of sp³-hybridized carbons (Fsp3) is 0.581. The molecule has 0 radical (unpaired) electrons. The zero-order valence-corrected chi connectivity index (χ0v) is 25.0. The molecule has 11 heteroatoms. The van der Waals surface area contributed by atoms with Crippen LogP contribution in [0.25, 0.3) is 0 Å². The lowest BCUT2D eigenvalue weighted by Crippen LogP contribution is -2.55. The molecule has 0 aromatic heterocycles. The number of aliphatic hydroxyl groups is 2. The van der Waals surface area contributed by atoms with Crippen molar-refractivity contribution < 1.29 is 32.6 Å². The van der Waals surface area contributed by atoms with E-state index in [0.29, 0.717) is 64.7 Å². The molecule has 3 aliphatic rings. The fourth-order valence-corrected chi connectivity index (χ4v) is 8.66. The lowest BCUT2D eigenvalue weighted by atomic mass is 9.89. The zero-order valence-electron chi connectivity index (χ0n) is 24.2. The molecule has 2 aromatic carbocycles. The molecule has 2 saturated heterocycles. The summed E-state index contributed by atoms with van der Waals surface area (Å²) >= 11 is 0. The molecule has 2 aliphatic heterocycles. The molecular weight excluding hydrogens is 561 g/mol. The number of piperidine rings is 2. The fourth-order valence-electron chi connectivity index (χ4n) is 6.74. The van der Waals surface area contributed by atoms with Crippen LogP contribution < -0.4 is 0 Å². The van der Waals surface area contributed by atoms with Crippen LogP contribution >= 0.6 is 0 Å². The van der Waals surface area contributed by atoms with Crippen LogP contribution in [0.4, 0.5) is 9.18 Å². The number of hydrogen-bond acceptors (Lipinski definition) is 7. The molecular formula is C31H42FN3O6S. The van der Waals surface area contributed by atoms with E-state index in [2.05, 4.69) is 4.90 Å². The van der Waals surface area contributed by atoms with Crippen molar-refractivity contribution in [2.24, 2.45) is 0 Å². The van der Waals surface area contributed by atoms with Gasteiger partial charge in [0.2, 0.25) is 10.0 Å². The highest BCUT2D eigenvalue weighted by Gasteiger charge is 2.60. The number of rotatable bonds is 10. The zero-order chi connectivity index (χ0) is 29.9. The van der Waals surface area contributed by atoms with E-state index in [4.69, 9.17) is 4.74 Å². The number of ether oxygens (including phenoxy) is 1. The second kappa shape index (κ2) is 13.0. The molecule has 42 heavy (non-hydrogen) atoms. The van der Waals surface area contributed by atoms with Gasteiger partial charge in [0.05, 0.1) is 30.2 Å². The van der Waals surface area contributed by atoms with Crippen LogP contribution in [0.3, 0.4) is 0 Å². The standard InChI is InChI=1S/C31H42FN3O6S/c1-23-4-2-5-24(22-23)28-6-3-7-29(35(28)42(39,40)27-10-8-25(32)9-11-27)31(14-15-31)41-30(38)34-16-12-26(13-17-34)33(18-20-36)19-21-37/h2,4-5,8-11,22,26,28-29,36-37H,3,6-7,12-21H2,1H3/t28-,29+/m0/s1. The van der Waals surface area contributed by atoms with Gasteiger partial charge in [-0.05, 0) is 81.7 Å². The Morgan fingerprint density at radius 1 is 1.02 bits per heavy atom. The molecule has 0 bridgehead atoms. The Bertz CT molecular complexity index is 1320. The van der Waals surface area contributed by atoms with Crippen molar-refractivity contribution in [3.63, 3.8) is 0 Å². The second-order valence-electron chi connectivity index (χ2n) is 11.8. The second-order valence-corrected chi connectivity index (χ2v) is 13.6. The molecule has 230 valence electrons. The molecule has 2 heterocycles. The molecule has 3 fully saturated rings. The predicted octanol–water partition coefficient (Wildman–Crippen LogP) is 3.84. The number of sulfonamides is 1. The Morgan fingerprint density at radius 3 is 2.29 bits per heavy atom. The predicted molar refractivity (Wildman–Crippen MR) is 156 cm³/mol. The third kappa shape index (κ3) is 6.50. The Balaban J connectivity index is 1.38. The van der Waals surface area contributed by atoms with E-state index in [0.717, 1.165) is 29.7 Å². The maximum atomic E-state index is 14.3. The highest BCUT2D eigenvalue weighted by Crippen LogP contribution is 2.52. The van der Waals surface area contributed by atoms with Gasteiger partial charge in [0.25, 0.3) is 0 Å². The number of aliphatic hydroxyl groups excluding tert-OH is 2. The van der Waals surface area contributed by atoms with Crippen LogP contribution in [0.2, 0.25) is 0 Å². The van der Waals surface area contributed by atoms with Crippen LogP contribution in [0.15, 0.2) is 53.4 Å². The molecule has 2 N–H and O–H groups in total. The average Bonchev–Trinajstić information content (AvgIpc) is 3.77. The van der Waals surface area contributed by atoms with Crippen molar-refractivity contribution in [2.75, 3.05) is 39.4 Å². The smallest absolute Gasteiger partial charge is 0.410 e. The highest BCUT2D eigenvalue weighted by molar-refractivity contribution is 7.89. The normalized spacial score (nSPS) is 23.2. The summed E-state index contributed by atoms with van der Waals surface area (Å²) in [5.74, 6) is -0.508.